The van der Waals surface area contributed by atoms with Crippen molar-refractivity contribution in [1.82, 2.24) is 0 Å². The van der Waals surface area contributed by atoms with Gasteiger partial charge in [-0.3, -0.25) is 4.79 Å². The minimum absolute atomic E-state index is 0. The van der Waals surface area contributed by atoms with Gasteiger partial charge in [-0.1, -0.05) is 17.8 Å². The third-order valence-electron chi connectivity index (χ3n) is 3.95. The van der Waals surface area contributed by atoms with E-state index in [9.17, 15) is 23.1 Å². The summed E-state index contributed by atoms with van der Waals surface area (Å²) in [7, 11) is 0. The van der Waals surface area contributed by atoms with Crippen LogP contribution < -0.4 is 15.4 Å². The first kappa shape index (κ1) is 23.7. The van der Waals surface area contributed by atoms with Crippen LogP contribution in [0.4, 0.5) is 24.5 Å². The number of aryl methyl sites for hydroxylation is 1. The number of benzene rings is 3. The van der Waals surface area contributed by atoms with E-state index in [-0.39, 0.29) is 56.6 Å². The van der Waals surface area contributed by atoms with E-state index in [1.165, 1.54) is 12.1 Å². The largest absolute Gasteiger partial charge is 0.531 e. The Morgan fingerprint density at radius 1 is 1.13 bits per heavy atom. The molecule has 0 unspecified atom stereocenters. The number of amides is 1. The second kappa shape index (κ2) is 10.5. The Morgan fingerprint density at radius 3 is 2.60 bits per heavy atom. The molecule has 0 aliphatic heterocycles. The van der Waals surface area contributed by atoms with E-state index in [2.05, 4.69) is 16.7 Å². The molecular weight excluding hydrogens is 474 g/mol. The summed E-state index contributed by atoms with van der Waals surface area (Å²) in [4.78, 5) is 12.1. The SMILES string of the molecule is Cc1cccc(OCNc2c[c-]c(NC(=O)c3ccc(F)c(F)c3F)cc2O)c1.[Y]. The van der Waals surface area contributed by atoms with Crippen LogP contribution in [-0.4, -0.2) is 17.7 Å². The summed E-state index contributed by atoms with van der Waals surface area (Å²) in [6.07, 6.45) is 0. The maximum Gasteiger partial charge on any atom is 0.256 e. The van der Waals surface area contributed by atoms with Gasteiger partial charge in [-0.05, 0) is 42.4 Å². The van der Waals surface area contributed by atoms with Gasteiger partial charge in [-0.15, -0.1) is 12.1 Å². The number of hydrogen-bond acceptors (Lipinski definition) is 4. The van der Waals surface area contributed by atoms with Gasteiger partial charge in [0, 0.05) is 38.5 Å². The molecule has 0 aromatic heterocycles. The number of phenolic OH excluding ortho intramolecular Hbond substituents is 1. The van der Waals surface area contributed by atoms with E-state index in [1.54, 1.807) is 6.07 Å². The zero-order valence-electron chi connectivity index (χ0n) is 15.8. The summed E-state index contributed by atoms with van der Waals surface area (Å²) >= 11 is 0. The molecule has 1 amide bonds. The molecule has 9 heteroatoms. The van der Waals surface area contributed by atoms with Crippen molar-refractivity contribution in [3.8, 4) is 11.5 Å². The van der Waals surface area contributed by atoms with Crippen molar-refractivity contribution in [2.75, 3.05) is 17.4 Å². The van der Waals surface area contributed by atoms with Crippen LogP contribution in [-0.2, 0) is 32.7 Å². The fraction of sp³-hybridized carbons (Fsp3) is 0.0952. The molecule has 30 heavy (non-hydrogen) atoms. The molecule has 3 aromatic carbocycles. The minimum atomic E-state index is -1.74. The topological polar surface area (TPSA) is 70.6 Å². The van der Waals surface area contributed by atoms with E-state index < -0.39 is 28.9 Å². The maximum atomic E-state index is 13.7. The first-order valence-electron chi connectivity index (χ1n) is 8.48. The van der Waals surface area contributed by atoms with Gasteiger partial charge in [0.15, 0.2) is 17.5 Å². The van der Waals surface area contributed by atoms with Crippen molar-refractivity contribution >= 4 is 17.3 Å². The maximum absolute atomic E-state index is 13.7. The standard InChI is InChI=1S/C21H16F3N2O3.Y/c1-12-3-2-4-14(9-12)29-11-25-17-8-5-13(10-18(17)27)26-21(28)15-6-7-16(22)20(24)19(15)23;/h2-4,6-10,25,27H,11H2,1H3,(H,26,28);/q-1;. The van der Waals surface area contributed by atoms with Crippen molar-refractivity contribution in [1.29, 1.82) is 0 Å². The van der Waals surface area contributed by atoms with E-state index in [1.807, 2.05) is 25.1 Å². The second-order valence-corrected chi connectivity index (χ2v) is 6.10. The monoisotopic (exact) mass is 490 g/mol. The summed E-state index contributed by atoms with van der Waals surface area (Å²) in [5.41, 5.74) is 0.665. The zero-order valence-corrected chi connectivity index (χ0v) is 18.6. The van der Waals surface area contributed by atoms with Crippen molar-refractivity contribution < 1.29 is 60.5 Å². The smallest absolute Gasteiger partial charge is 0.256 e. The quantitative estimate of drug-likeness (QED) is 0.204. The molecule has 3 N–H and O–H groups in total. The Kier molecular flexibility index (Phi) is 8.26. The van der Waals surface area contributed by atoms with Crippen LogP contribution in [0.2, 0.25) is 0 Å². The van der Waals surface area contributed by atoms with Gasteiger partial charge in [0.1, 0.15) is 12.5 Å². The Morgan fingerprint density at radius 2 is 1.90 bits per heavy atom. The predicted octanol–water partition coefficient (Wildman–Crippen LogP) is 4.62. The number of carbonyl (C=O) groups excluding carboxylic acids is 1. The van der Waals surface area contributed by atoms with E-state index in [4.69, 9.17) is 4.74 Å². The van der Waals surface area contributed by atoms with E-state index >= 15 is 0 Å². The van der Waals surface area contributed by atoms with Crippen LogP contribution in [0.25, 0.3) is 0 Å². The van der Waals surface area contributed by atoms with E-state index in [0.29, 0.717) is 11.8 Å². The average Bonchev–Trinajstić information content (AvgIpc) is 2.68. The van der Waals surface area contributed by atoms with Gasteiger partial charge in [0.25, 0.3) is 5.91 Å². The number of phenols is 1. The molecule has 0 saturated carbocycles. The van der Waals surface area contributed by atoms with Gasteiger partial charge >= 0.3 is 0 Å². The molecule has 0 atom stereocenters. The van der Waals surface area contributed by atoms with Crippen LogP contribution in [0.15, 0.2) is 48.5 Å². The molecule has 0 saturated heterocycles. The van der Waals surface area contributed by atoms with Gasteiger partial charge in [0.05, 0.1) is 5.56 Å². The molecule has 0 fully saturated rings. The molecule has 0 bridgehead atoms. The molecular formula is C21H16F3N2O3Y-. The third kappa shape index (κ3) is 5.74. The Labute approximate surface area is 196 Å². The van der Waals surface area contributed by atoms with Crippen molar-refractivity contribution in [3.63, 3.8) is 0 Å². The third-order valence-corrected chi connectivity index (χ3v) is 3.95. The summed E-state index contributed by atoms with van der Waals surface area (Å²) in [6, 6.07) is 14.1. The van der Waals surface area contributed by atoms with Crippen LogP contribution in [0.1, 0.15) is 15.9 Å². The van der Waals surface area contributed by atoms with Crippen LogP contribution in [0.5, 0.6) is 11.5 Å². The van der Waals surface area contributed by atoms with Gasteiger partial charge in [-0.25, -0.2) is 13.2 Å². The molecule has 3 rings (SSSR count). The fourth-order valence-corrected chi connectivity index (χ4v) is 2.49. The first-order valence-corrected chi connectivity index (χ1v) is 8.48. The molecule has 0 aliphatic rings. The van der Waals surface area contributed by atoms with Crippen molar-refractivity contribution in [2.45, 2.75) is 6.92 Å². The number of halogens is 3. The van der Waals surface area contributed by atoms with Gasteiger partial charge in [-0.2, -0.15) is 6.07 Å². The van der Waals surface area contributed by atoms with Crippen LogP contribution in [0.3, 0.4) is 0 Å². The van der Waals surface area contributed by atoms with Crippen LogP contribution in [0, 0.1) is 30.4 Å². The molecule has 153 valence electrons. The summed E-state index contributed by atoms with van der Waals surface area (Å²) in [5.74, 6) is -5.32. The summed E-state index contributed by atoms with van der Waals surface area (Å²) in [6.45, 7) is 2.00. The Hall–Kier alpha value is -2.58. The number of ether oxygens (including phenoxy) is 1. The number of nitrogens with one attached hydrogen (secondary N) is 2. The predicted molar refractivity (Wildman–Crippen MR) is 102 cm³/mol. The van der Waals surface area contributed by atoms with Gasteiger partial charge in [0.2, 0.25) is 0 Å². The fourth-order valence-electron chi connectivity index (χ4n) is 2.49. The Balaban J connectivity index is 0.00000320. The molecule has 0 spiro atoms. The molecule has 1 radical (unpaired) electrons. The number of carbonyl (C=O) groups is 1. The van der Waals surface area contributed by atoms with Crippen molar-refractivity contribution in [2.24, 2.45) is 0 Å². The number of rotatable bonds is 6. The Bertz CT molecular complexity index is 1060. The number of aromatic hydroxyl groups is 1. The van der Waals surface area contributed by atoms with E-state index in [0.717, 1.165) is 11.6 Å². The first-order chi connectivity index (χ1) is 13.8. The molecule has 5 nitrogen and oxygen atoms in total. The molecule has 0 aliphatic carbocycles. The minimum Gasteiger partial charge on any atom is -0.531 e. The normalized spacial score (nSPS) is 10.1. The summed E-state index contributed by atoms with van der Waals surface area (Å²) in [5, 5.41) is 15.2. The second-order valence-electron chi connectivity index (χ2n) is 6.10. The number of hydrogen-bond donors (Lipinski definition) is 3. The average molecular weight is 490 g/mol. The number of anilines is 2. The van der Waals surface area contributed by atoms with Crippen LogP contribution >= 0.6 is 0 Å². The molecule has 3 aromatic rings. The zero-order chi connectivity index (χ0) is 21.0. The molecule has 0 heterocycles. The summed E-state index contributed by atoms with van der Waals surface area (Å²) < 4.78 is 45.5. The van der Waals surface area contributed by atoms with Gasteiger partial charge < -0.3 is 20.5 Å². The van der Waals surface area contributed by atoms with Crippen molar-refractivity contribution in [3.05, 3.63) is 83.2 Å².